The van der Waals surface area contributed by atoms with Crippen molar-refractivity contribution < 1.29 is 19.4 Å². The quantitative estimate of drug-likeness (QED) is 0.806. The predicted molar refractivity (Wildman–Crippen MR) is 62.8 cm³/mol. The maximum Gasteiger partial charge on any atom is 0.410 e. The zero-order valence-corrected chi connectivity index (χ0v) is 10.9. The minimum atomic E-state index is -0.870. The first kappa shape index (κ1) is 13.8. The van der Waals surface area contributed by atoms with Gasteiger partial charge in [0.05, 0.1) is 5.92 Å². The first-order chi connectivity index (χ1) is 7.72. The molecule has 5 nitrogen and oxygen atoms in total. The molecule has 0 spiro atoms. The van der Waals surface area contributed by atoms with E-state index in [0.717, 1.165) is 12.8 Å². The maximum absolute atomic E-state index is 11.9. The maximum atomic E-state index is 11.9. The fraction of sp³-hybridized carbons (Fsp3) is 0.833. The minimum absolute atomic E-state index is 0.248. The highest BCUT2D eigenvalue weighted by Crippen LogP contribution is 2.26. The molecule has 2 atom stereocenters. The molecule has 0 saturated carbocycles. The Labute approximate surface area is 102 Å². The number of nitrogens with zero attached hydrogens (tertiary/aromatic N) is 1. The molecule has 98 valence electrons. The number of ether oxygens (including phenoxy) is 1. The van der Waals surface area contributed by atoms with Gasteiger partial charge < -0.3 is 14.7 Å². The molecule has 1 aliphatic rings. The molecular weight excluding hydrogens is 222 g/mol. The molecule has 1 aliphatic heterocycles. The number of likely N-dealkylation sites (tertiary alicyclic amines) is 1. The van der Waals surface area contributed by atoms with Crippen molar-refractivity contribution in [1.29, 1.82) is 0 Å². The Balaban J connectivity index is 2.69. The average molecular weight is 243 g/mol. The van der Waals surface area contributed by atoms with Crippen LogP contribution in [0.1, 0.15) is 40.5 Å². The number of amides is 1. The third-order valence-corrected chi connectivity index (χ3v) is 2.89. The van der Waals surface area contributed by atoms with Crippen LogP contribution >= 0.6 is 0 Å². The van der Waals surface area contributed by atoms with E-state index in [0.29, 0.717) is 6.54 Å². The van der Waals surface area contributed by atoms with Gasteiger partial charge in [0.1, 0.15) is 5.60 Å². The van der Waals surface area contributed by atoms with Crippen LogP contribution in [0.5, 0.6) is 0 Å². The summed E-state index contributed by atoms with van der Waals surface area (Å²) in [6.07, 6.45) is 1.15. The van der Waals surface area contributed by atoms with Crippen molar-refractivity contribution in [3.8, 4) is 0 Å². The van der Waals surface area contributed by atoms with E-state index >= 15 is 0 Å². The monoisotopic (exact) mass is 243 g/mol. The molecule has 1 fully saturated rings. The van der Waals surface area contributed by atoms with Gasteiger partial charge in [0.15, 0.2) is 0 Å². The number of hydrogen-bond donors (Lipinski definition) is 1. The molecule has 1 N–H and O–H groups in total. The molecule has 5 heteroatoms. The summed E-state index contributed by atoms with van der Waals surface area (Å²) in [7, 11) is 0. The second-order valence-corrected chi connectivity index (χ2v) is 5.51. The lowest BCUT2D eigenvalue weighted by atomic mass is 10.0. The van der Waals surface area contributed by atoms with Crippen molar-refractivity contribution in [2.24, 2.45) is 5.92 Å². The van der Waals surface area contributed by atoms with Crippen molar-refractivity contribution in [3.05, 3.63) is 0 Å². The van der Waals surface area contributed by atoms with Gasteiger partial charge in [-0.15, -0.1) is 0 Å². The Bertz CT molecular complexity index is 308. The molecule has 0 aliphatic carbocycles. The van der Waals surface area contributed by atoms with Gasteiger partial charge in [0, 0.05) is 12.6 Å². The summed E-state index contributed by atoms with van der Waals surface area (Å²) in [5, 5.41) is 9.00. The topological polar surface area (TPSA) is 66.8 Å². The summed E-state index contributed by atoms with van der Waals surface area (Å²) in [6, 6.07) is -0.248. The predicted octanol–water partition coefficient (Wildman–Crippen LogP) is 2.11. The molecule has 0 aromatic carbocycles. The first-order valence-corrected chi connectivity index (χ1v) is 5.95. The lowest BCUT2D eigenvalue weighted by Crippen LogP contribution is -2.44. The van der Waals surface area contributed by atoms with E-state index in [-0.39, 0.29) is 6.04 Å². The van der Waals surface area contributed by atoms with Crippen LogP contribution < -0.4 is 0 Å². The van der Waals surface area contributed by atoms with Crippen LogP contribution in [-0.4, -0.2) is 40.3 Å². The molecule has 0 bridgehead atoms. The normalized spacial score (nSPS) is 22.4. The SMILES string of the molecule is C[C@H](C(=O)O)[C@@H]1CCCN1C(=O)OC(C)(C)C. The lowest BCUT2D eigenvalue weighted by Gasteiger charge is -2.30. The van der Waals surface area contributed by atoms with Gasteiger partial charge in [-0.05, 0) is 40.5 Å². The van der Waals surface area contributed by atoms with E-state index in [1.165, 1.54) is 0 Å². The number of hydrogen-bond acceptors (Lipinski definition) is 3. The standard InChI is InChI=1S/C12H21NO4/c1-8(10(14)15)9-6-5-7-13(9)11(16)17-12(2,3)4/h8-9H,5-7H2,1-4H3,(H,14,15)/t8-,9-/m0/s1. The van der Waals surface area contributed by atoms with Gasteiger partial charge in [-0.3, -0.25) is 4.79 Å². The lowest BCUT2D eigenvalue weighted by molar-refractivity contribution is -0.142. The van der Waals surface area contributed by atoms with Gasteiger partial charge in [0.2, 0.25) is 0 Å². The van der Waals surface area contributed by atoms with Gasteiger partial charge in [-0.1, -0.05) is 0 Å². The Morgan fingerprint density at radius 3 is 2.47 bits per heavy atom. The van der Waals surface area contributed by atoms with Crippen LogP contribution in [0, 0.1) is 5.92 Å². The third kappa shape index (κ3) is 3.61. The Hall–Kier alpha value is -1.26. The number of carboxylic acids is 1. The van der Waals surface area contributed by atoms with E-state index < -0.39 is 23.6 Å². The summed E-state index contributed by atoms with van der Waals surface area (Å²) in [4.78, 5) is 24.4. The number of carbonyl (C=O) groups is 2. The second kappa shape index (κ2) is 4.94. The van der Waals surface area contributed by atoms with Gasteiger partial charge >= 0.3 is 12.1 Å². The zero-order valence-electron chi connectivity index (χ0n) is 10.9. The summed E-state index contributed by atoms with van der Waals surface area (Å²) in [5.41, 5.74) is -0.545. The number of aliphatic carboxylic acids is 1. The van der Waals surface area contributed by atoms with Gasteiger partial charge in [0.25, 0.3) is 0 Å². The fourth-order valence-electron chi connectivity index (χ4n) is 2.02. The highest BCUT2D eigenvalue weighted by Gasteiger charge is 2.37. The van der Waals surface area contributed by atoms with E-state index in [9.17, 15) is 9.59 Å². The Kier molecular flexibility index (Phi) is 4.01. The smallest absolute Gasteiger partial charge is 0.410 e. The van der Waals surface area contributed by atoms with E-state index in [1.807, 2.05) is 0 Å². The van der Waals surface area contributed by atoms with E-state index in [2.05, 4.69) is 0 Å². The van der Waals surface area contributed by atoms with Crippen molar-refractivity contribution in [1.82, 2.24) is 4.90 Å². The van der Waals surface area contributed by atoms with Crippen molar-refractivity contribution in [3.63, 3.8) is 0 Å². The molecule has 0 radical (unpaired) electrons. The van der Waals surface area contributed by atoms with Crippen LogP contribution in [0.15, 0.2) is 0 Å². The van der Waals surface area contributed by atoms with Crippen molar-refractivity contribution in [2.75, 3.05) is 6.54 Å². The Morgan fingerprint density at radius 1 is 1.41 bits per heavy atom. The number of rotatable bonds is 2. The van der Waals surface area contributed by atoms with E-state index in [1.54, 1.807) is 32.6 Å². The average Bonchev–Trinajstić information content (AvgIpc) is 2.61. The van der Waals surface area contributed by atoms with Crippen LogP contribution in [-0.2, 0) is 9.53 Å². The molecule has 0 aromatic rings. The molecule has 1 saturated heterocycles. The first-order valence-electron chi connectivity index (χ1n) is 5.95. The zero-order chi connectivity index (χ0) is 13.2. The highest BCUT2D eigenvalue weighted by atomic mass is 16.6. The van der Waals surface area contributed by atoms with Crippen molar-refractivity contribution >= 4 is 12.1 Å². The largest absolute Gasteiger partial charge is 0.481 e. The Morgan fingerprint density at radius 2 is 2.00 bits per heavy atom. The molecule has 1 heterocycles. The highest BCUT2D eigenvalue weighted by molar-refractivity contribution is 5.73. The number of carbonyl (C=O) groups excluding carboxylic acids is 1. The van der Waals surface area contributed by atoms with Crippen LogP contribution in [0.4, 0.5) is 4.79 Å². The fourth-order valence-corrected chi connectivity index (χ4v) is 2.02. The summed E-state index contributed by atoms with van der Waals surface area (Å²) in [5.74, 6) is -1.42. The van der Waals surface area contributed by atoms with Crippen LogP contribution in [0.25, 0.3) is 0 Å². The summed E-state index contributed by atoms with van der Waals surface area (Å²) in [6.45, 7) is 7.62. The number of carboxylic acid groups (broad SMARTS) is 1. The molecule has 0 unspecified atom stereocenters. The van der Waals surface area contributed by atoms with Crippen molar-refractivity contribution in [2.45, 2.75) is 52.2 Å². The van der Waals surface area contributed by atoms with Gasteiger partial charge in [-0.25, -0.2) is 4.79 Å². The molecule has 17 heavy (non-hydrogen) atoms. The second-order valence-electron chi connectivity index (χ2n) is 5.51. The third-order valence-electron chi connectivity index (χ3n) is 2.89. The van der Waals surface area contributed by atoms with Crippen LogP contribution in [0.2, 0.25) is 0 Å². The summed E-state index contributed by atoms with van der Waals surface area (Å²) < 4.78 is 5.28. The molecule has 0 aromatic heterocycles. The molecule has 1 amide bonds. The van der Waals surface area contributed by atoms with E-state index in [4.69, 9.17) is 9.84 Å². The molecule has 1 rings (SSSR count). The molecular formula is C12H21NO4. The minimum Gasteiger partial charge on any atom is -0.481 e. The summed E-state index contributed by atoms with van der Waals surface area (Å²) >= 11 is 0. The van der Waals surface area contributed by atoms with Gasteiger partial charge in [-0.2, -0.15) is 0 Å². The van der Waals surface area contributed by atoms with Crippen LogP contribution in [0.3, 0.4) is 0 Å².